The van der Waals surface area contributed by atoms with E-state index in [2.05, 4.69) is 10.3 Å². The first-order valence-corrected chi connectivity index (χ1v) is 8.59. The third-order valence-electron chi connectivity index (χ3n) is 3.51. The summed E-state index contributed by atoms with van der Waals surface area (Å²) in [7, 11) is 1.33. The van der Waals surface area contributed by atoms with Gasteiger partial charge < -0.3 is 4.74 Å². The lowest BCUT2D eigenvalue weighted by molar-refractivity contribution is -0.385. The topological polar surface area (TPSA) is 94.4 Å². The van der Waals surface area contributed by atoms with Crippen molar-refractivity contribution in [2.24, 2.45) is 0 Å². The molecule has 0 aliphatic heterocycles. The number of nitrogens with one attached hydrogen (secondary N) is 1. The Morgan fingerprint density at radius 3 is 2.77 bits per heavy atom. The van der Waals surface area contributed by atoms with E-state index >= 15 is 0 Å². The molecule has 2 aromatic carbocycles. The van der Waals surface area contributed by atoms with Crippen molar-refractivity contribution < 1.29 is 14.5 Å². The maximum Gasteiger partial charge on any atom is 0.311 e. The third kappa shape index (κ3) is 3.66. The summed E-state index contributed by atoms with van der Waals surface area (Å²) < 4.78 is 4.93. The van der Waals surface area contributed by atoms with E-state index in [1.165, 1.54) is 30.6 Å². The normalized spacial score (nSPS) is 10.4. The third-order valence-corrected chi connectivity index (χ3v) is 4.60. The molecule has 132 valence electrons. The average Bonchev–Trinajstić information content (AvgIpc) is 3.09. The number of aromatic nitrogens is 1. The van der Waals surface area contributed by atoms with Gasteiger partial charge in [-0.2, -0.15) is 0 Å². The van der Waals surface area contributed by atoms with Crippen LogP contribution in [0.1, 0.15) is 10.4 Å². The summed E-state index contributed by atoms with van der Waals surface area (Å²) in [4.78, 5) is 27.2. The van der Waals surface area contributed by atoms with Crippen molar-refractivity contribution in [3.63, 3.8) is 0 Å². The van der Waals surface area contributed by atoms with E-state index in [1.807, 2.05) is 18.2 Å². The predicted octanol–water partition coefficient (Wildman–Crippen LogP) is 4.63. The fourth-order valence-electron chi connectivity index (χ4n) is 2.27. The van der Waals surface area contributed by atoms with Crippen LogP contribution in [0.25, 0.3) is 11.3 Å². The Morgan fingerprint density at radius 2 is 2.08 bits per heavy atom. The highest BCUT2D eigenvalue weighted by molar-refractivity contribution is 7.14. The van der Waals surface area contributed by atoms with Gasteiger partial charge in [0.05, 0.1) is 17.7 Å². The number of nitro groups is 1. The van der Waals surface area contributed by atoms with Gasteiger partial charge in [0.15, 0.2) is 10.9 Å². The minimum absolute atomic E-state index is 0.0850. The molecule has 0 saturated heterocycles. The number of halogens is 1. The quantitative estimate of drug-likeness (QED) is 0.507. The number of hydrogen-bond acceptors (Lipinski definition) is 6. The molecule has 1 heterocycles. The van der Waals surface area contributed by atoms with Gasteiger partial charge >= 0.3 is 5.69 Å². The van der Waals surface area contributed by atoms with E-state index in [1.54, 1.807) is 11.4 Å². The fraction of sp³-hybridized carbons (Fsp3) is 0.0588. The Morgan fingerprint density at radius 1 is 1.31 bits per heavy atom. The molecule has 1 aromatic heterocycles. The van der Waals surface area contributed by atoms with Gasteiger partial charge in [-0.05, 0) is 18.2 Å². The molecule has 0 radical (unpaired) electrons. The van der Waals surface area contributed by atoms with Crippen LogP contribution in [0.5, 0.6) is 5.75 Å². The lowest BCUT2D eigenvalue weighted by Gasteiger charge is -2.05. The van der Waals surface area contributed by atoms with Crippen molar-refractivity contribution in [1.29, 1.82) is 0 Å². The molecule has 0 aliphatic carbocycles. The largest absolute Gasteiger partial charge is 0.490 e. The highest BCUT2D eigenvalue weighted by Gasteiger charge is 2.19. The highest BCUT2D eigenvalue weighted by atomic mass is 35.5. The van der Waals surface area contributed by atoms with Gasteiger partial charge in [-0.15, -0.1) is 11.3 Å². The second kappa shape index (κ2) is 7.51. The van der Waals surface area contributed by atoms with Gasteiger partial charge in [0.25, 0.3) is 5.91 Å². The zero-order valence-electron chi connectivity index (χ0n) is 13.4. The van der Waals surface area contributed by atoms with Gasteiger partial charge in [-0.1, -0.05) is 29.8 Å². The van der Waals surface area contributed by atoms with Crippen molar-refractivity contribution in [2.45, 2.75) is 0 Å². The van der Waals surface area contributed by atoms with E-state index in [-0.39, 0.29) is 17.0 Å². The van der Waals surface area contributed by atoms with Crippen LogP contribution in [-0.2, 0) is 0 Å². The van der Waals surface area contributed by atoms with Gasteiger partial charge in [0, 0.05) is 27.6 Å². The van der Waals surface area contributed by atoms with Gasteiger partial charge in [0.2, 0.25) is 0 Å². The summed E-state index contributed by atoms with van der Waals surface area (Å²) in [6, 6.07) is 11.2. The van der Waals surface area contributed by atoms with Crippen molar-refractivity contribution in [3.8, 4) is 17.0 Å². The van der Waals surface area contributed by atoms with Crippen LogP contribution in [0.2, 0.25) is 5.02 Å². The number of benzene rings is 2. The maximum atomic E-state index is 12.4. The molecule has 0 spiro atoms. The molecule has 1 amide bonds. The lowest BCUT2D eigenvalue weighted by atomic mass is 10.1. The fourth-order valence-corrected chi connectivity index (χ4v) is 3.21. The van der Waals surface area contributed by atoms with Crippen molar-refractivity contribution in [3.05, 3.63) is 68.5 Å². The average molecular weight is 390 g/mol. The first-order chi connectivity index (χ1) is 12.5. The van der Waals surface area contributed by atoms with Gasteiger partial charge in [-0.25, -0.2) is 4.98 Å². The predicted molar refractivity (Wildman–Crippen MR) is 100 cm³/mol. The minimum atomic E-state index is -0.603. The van der Waals surface area contributed by atoms with Crippen molar-refractivity contribution in [2.75, 3.05) is 12.4 Å². The number of hydrogen-bond donors (Lipinski definition) is 1. The molecule has 0 unspecified atom stereocenters. The van der Waals surface area contributed by atoms with Crippen LogP contribution in [0, 0.1) is 10.1 Å². The summed E-state index contributed by atoms with van der Waals surface area (Å²) >= 11 is 7.38. The van der Waals surface area contributed by atoms with Crippen molar-refractivity contribution in [1.82, 2.24) is 4.98 Å². The second-order valence-electron chi connectivity index (χ2n) is 5.12. The van der Waals surface area contributed by atoms with E-state index < -0.39 is 10.8 Å². The standard InChI is InChI=1S/C17H12ClN3O4S/c1-25-15-7-6-10(8-14(15)21(23)24)16(22)20-17-19-13(9-26-17)11-4-2-3-5-12(11)18/h2-9H,1H3,(H,19,20,22). The summed E-state index contributed by atoms with van der Waals surface area (Å²) in [5, 5.41) is 16.4. The molecule has 7 nitrogen and oxygen atoms in total. The number of methoxy groups -OCH3 is 1. The van der Waals surface area contributed by atoms with Gasteiger partial charge in [0.1, 0.15) is 0 Å². The number of nitro benzene ring substituents is 1. The summed E-state index contributed by atoms with van der Waals surface area (Å²) in [5.74, 6) is -0.419. The SMILES string of the molecule is COc1ccc(C(=O)Nc2nc(-c3ccccc3Cl)cs2)cc1[N+](=O)[O-]. The summed E-state index contributed by atoms with van der Waals surface area (Å²) in [6.45, 7) is 0. The highest BCUT2D eigenvalue weighted by Crippen LogP contribution is 2.31. The Hall–Kier alpha value is -2.97. The first-order valence-electron chi connectivity index (χ1n) is 7.34. The Bertz CT molecular complexity index is 990. The Kier molecular flexibility index (Phi) is 5.15. The number of carbonyl (C=O) groups excluding carboxylic acids is 1. The van der Waals surface area contributed by atoms with Crippen LogP contribution >= 0.6 is 22.9 Å². The van der Waals surface area contributed by atoms with Crippen molar-refractivity contribution >= 4 is 39.7 Å². The van der Waals surface area contributed by atoms with Crippen LogP contribution in [0.15, 0.2) is 47.8 Å². The number of thiazole rings is 1. The number of rotatable bonds is 5. The number of amides is 1. The zero-order chi connectivity index (χ0) is 18.7. The molecule has 3 rings (SSSR count). The van der Waals surface area contributed by atoms with E-state index in [4.69, 9.17) is 16.3 Å². The Balaban J connectivity index is 1.82. The minimum Gasteiger partial charge on any atom is -0.490 e. The molecule has 0 atom stereocenters. The zero-order valence-corrected chi connectivity index (χ0v) is 15.0. The Labute approximate surface area is 157 Å². The maximum absolute atomic E-state index is 12.4. The number of anilines is 1. The molecule has 0 fully saturated rings. The summed E-state index contributed by atoms with van der Waals surface area (Å²) in [5.41, 5.74) is 1.24. The molecule has 0 bridgehead atoms. The second-order valence-corrected chi connectivity index (χ2v) is 6.38. The van der Waals surface area contributed by atoms with Crippen LogP contribution < -0.4 is 10.1 Å². The van der Waals surface area contributed by atoms with Crippen LogP contribution in [0.4, 0.5) is 10.8 Å². The molecule has 3 aromatic rings. The van der Waals surface area contributed by atoms with Crippen LogP contribution in [0.3, 0.4) is 0 Å². The number of ether oxygens (including phenoxy) is 1. The molecule has 26 heavy (non-hydrogen) atoms. The number of nitrogens with zero attached hydrogens (tertiary/aromatic N) is 2. The molecule has 9 heteroatoms. The van der Waals surface area contributed by atoms with Crippen LogP contribution in [-0.4, -0.2) is 22.9 Å². The monoisotopic (exact) mass is 389 g/mol. The molecule has 0 saturated carbocycles. The molecule has 0 aliphatic rings. The molecular weight excluding hydrogens is 378 g/mol. The van der Waals surface area contributed by atoms with E-state index in [9.17, 15) is 14.9 Å². The van der Waals surface area contributed by atoms with E-state index in [0.717, 1.165) is 11.6 Å². The first kappa shape index (κ1) is 17.8. The lowest BCUT2D eigenvalue weighted by Crippen LogP contribution is -2.12. The summed E-state index contributed by atoms with van der Waals surface area (Å²) in [6.07, 6.45) is 0. The van der Waals surface area contributed by atoms with E-state index in [0.29, 0.717) is 15.8 Å². The molecular formula is C17H12ClN3O4S. The number of carbonyl (C=O) groups is 1. The molecule has 1 N–H and O–H groups in total. The smallest absolute Gasteiger partial charge is 0.311 e. The van der Waals surface area contributed by atoms with Gasteiger partial charge in [-0.3, -0.25) is 20.2 Å².